The molecule has 3 N–H and O–H groups in total. The number of hydrogen-bond acceptors (Lipinski definition) is 15. The zero-order valence-corrected chi connectivity index (χ0v) is 67.3. The van der Waals surface area contributed by atoms with E-state index in [0.717, 1.165) is 102 Å². The van der Waals surface area contributed by atoms with Gasteiger partial charge >= 0.3 is 39.5 Å². The molecule has 0 spiro atoms. The SMILES string of the molecule is CCCCCCCCCCCCCCCCCCCCCCC(=O)O[C@H](COC(=O)CCCCCCCCCCCCCCCCCC(C)C)COP(=O)(O)OC[C@@H](O)COP(=O)(O)OC[C@@H](COC(=O)CCCCCCCCCC(C)C)OC(=O)CCCCCCCCCCCCCC. The quantitative estimate of drug-likeness (QED) is 0.0222. The van der Waals surface area contributed by atoms with Gasteiger partial charge in [0.2, 0.25) is 0 Å². The van der Waals surface area contributed by atoms with E-state index in [0.29, 0.717) is 31.6 Å². The number of hydrogen-bond donors (Lipinski definition) is 3. The van der Waals surface area contributed by atoms with Gasteiger partial charge in [-0.1, -0.05) is 375 Å². The summed E-state index contributed by atoms with van der Waals surface area (Å²) in [5.74, 6) is -0.598. The highest BCUT2D eigenvalue weighted by Crippen LogP contribution is 2.45. The van der Waals surface area contributed by atoms with Gasteiger partial charge in [-0.15, -0.1) is 0 Å². The van der Waals surface area contributed by atoms with Crippen LogP contribution in [-0.4, -0.2) is 96.7 Å². The Morgan fingerprint density at radius 2 is 0.460 bits per heavy atom. The molecule has 0 amide bonds. The first-order valence-electron chi connectivity index (χ1n) is 42.0. The molecule has 0 radical (unpaired) electrons. The normalized spacial score (nSPS) is 13.9. The van der Waals surface area contributed by atoms with Crippen LogP contribution in [0.3, 0.4) is 0 Å². The number of esters is 4. The van der Waals surface area contributed by atoms with Crippen LogP contribution in [0, 0.1) is 11.8 Å². The predicted octanol–water partition coefficient (Wildman–Crippen LogP) is 24.3. The molecule has 17 nitrogen and oxygen atoms in total. The smallest absolute Gasteiger partial charge is 0.462 e. The molecule has 0 fully saturated rings. The molecule has 0 saturated heterocycles. The monoisotopic (exact) mass is 1470 g/mol. The highest BCUT2D eigenvalue weighted by molar-refractivity contribution is 7.47. The number of ether oxygens (including phenoxy) is 4. The Hall–Kier alpha value is -1.94. The van der Waals surface area contributed by atoms with Gasteiger partial charge in [0, 0.05) is 25.7 Å². The number of carbonyl (C=O) groups is 4. The molecular formula is C81H158O17P2. The summed E-state index contributed by atoms with van der Waals surface area (Å²) in [6.45, 7) is 9.60. The lowest BCUT2D eigenvalue weighted by Gasteiger charge is -2.21. The van der Waals surface area contributed by atoms with E-state index in [2.05, 4.69) is 41.5 Å². The summed E-state index contributed by atoms with van der Waals surface area (Å²) < 4.78 is 68.7. The number of phosphoric ester groups is 2. The molecule has 0 bridgehead atoms. The maximum absolute atomic E-state index is 13.1. The van der Waals surface area contributed by atoms with Crippen LogP contribution in [0.15, 0.2) is 0 Å². The van der Waals surface area contributed by atoms with Crippen molar-refractivity contribution in [2.24, 2.45) is 11.8 Å². The molecule has 0 aliphatic rings. The Bertz CT molecular complexity index is 1920. The van der Waals surface area contributed by atoms with Crippen molar-refractivity contribution in [2.45, 2.75) is 445 Å². The molecule has 2 unspecified atom stereocenters. The molecule has 0 aromatic rings. The maximum Gasteiger partial charge on any atom is 0.472 e. The third-order valence-electron chi connectivity index (χ3n) is 19.0. The molecule has 19 heteroatoms. The fourth-order valence-electron chi connectivity index (χ4n) is 12.5. The molecule has 0 aliphatic heterocycles. The zero-order valence-electron chi connectivity index (χ0n) is 65.5. The van der Waals surface area contributed by atoms with Crippen LogP contribution < -0.4 is 0 Å². The third kappa shape index (κ3) is 74.3. The van der Waals surface area contributed by atoms with Gasteiger partial charge in [-0.25, -0.2) is 9.13 Å². The van der Waals surface area contributed by atoms with Gasteiger partial charge in [-0.3, -0.25) is 37.3 Å². The van der Waals surface area contributed by atoms with Crippen molar-refractivity contribution in [3.8, 4) is 0 Å². The molecule has 0 aromatic carbocycles. The lowest BCUT2D eigenvalue weighted by Crippen LogP contribution is -2.30. The van der Waals surface area contributed by atoms with E-state index in [1.807, 2.05) is 0 Å². The summed E-state index contributed by atoms with van der Waals surface area (Å²) in [5, 5.41) is 10.6. The minimum Gasteiger partial charge on any atom is -0.462 e. The number of rotatable bonds is 80. The van der Waals surface area contributed by atoms with Gasteiger partial charge < -0.3 is 33.8 Å². The summed E-state index contributed by atoms with van der Waals surface area (Å²) in [4.78, 5) is 73.0. The maximum atomic E-state index is 13.1. The Morgan fingerprint density at radius 3 is 0.680 bits per heavy atom. The molecular weight excluding hydrogens is 1310 g/mol. The van der Waals surface area contributed by atoms with Crippen molar-refractivity contribution in [1.29, 1.82) is 0 Å². The minimum absolute atomic E-state index is 0.107. The Morgan fingerprint density at radius 1 is 0.270 bits per heavy atom. The van der Waals surface area contributed by atoms with Crippen LogP contribution in [0.4, 0.5) is 0 Å². The predicted molar refractivity (Wildman–Crippen MR) is 409 cm³/mol. The zero-order chi connectivity index (χ0) is 73.5. The summed E-state index contributed by atoms with van der Waals surface area (Å²) in [5.41, 5.74) is 0. The van der Waals surface area contributed by atoms with Crippen molar-refractivity contribution in [1.82, 2.24) is 0 Å². The first kappa shape index (κ1) is 98.1. The number of aliphatic hydroxyl groups excluding tert-OH is 1. The topological polar surface area (TPSA) is 237 Å². The summed E-state index contributed by atoms with van der Waals surface area (Å²) in [6, 6.07) is 0. The van der Waals surface area contributed by atoms with Gasteiger partial charge in [-0.05, 0) is 37.5 Å². The molecule has 100 heavy (non-hydrogen) atoms. The average molecular weight is 1470 g/mol. The van der Waals surface area contributed by atoms with Gasteiger partial charge in [0.1, 0.15) is 19.3 Å². The van der Waals surface area contributed by atoms with E-state index in [1.54, 1.807) is 0 Å². The van der Waals surface area contributed by atoms with Crippen molar-refractivity contribution in [2.75, 3.05) is 39.6 Å². The first-order valence-corrected chi connectivity index (χ1v) is 45.0. The first-order chi connectivity index (χ1) is 48.4. The highest BCUT2D eigenvalue weighted by atomic mass is 31.2. The van der Waals surface area contributed by atoms with Crippen LogP contribution in [0.5, 0.6) is 0 Å². The number of carbonyl (C=O) groups excluding carboxylic acids is 4. The van der Waals surface area contributed by atoms with Crippen LogP contribution in [0.25, 0.3) is 0 Å². The van der Waals surface area contributed by atoms with Gasteiger partial charge in [0.15, 0.2) is 12.2 Å². The lowest BCUT2D eigenvalue weighted by atomic mass is 10.0. The summed E-state index contributed by atoms with van der Waals surface area (Å²) >= 11 is 0. The number of unbranched alkanes of at least 4 members (excludes halogenated alkanes) is 50. The third-order valence-corrected chi connectivity index (χ3v) is 20.9. The van der Waals surface area contributed by atoms with E-state index in [1.165, 1.54) is 238 Å². The second-order valence-corrected chi connectivity index (χ2v) is 33.0. The van der Waals surface area contributed by atoms with Crippen molar-refractivity contribution in [3.63, 3.8) is 0 Å². The Labute approximate surface area is 613 Å². The van der Waals surface area contributed by atoms with Crippen LogP contribution in [-0.2, 0) is 65.4 Å². The van der Waals surface area contributed by atoms with E-state index < -0.39 is 97.5 Å². The Kier molecular flexibility index (Phi) is 71.2. The second kappa shape index (κ2) is 72.6. The standard InChI is InChI=1S/C81H158O17P2/c1-7-9-11-13-15-17-19-21-22-23-24-25-26-29-33-37-41-47-54-60-66-81(86)97-76(69-91-78(83)63-57-51-45-39-36-32-30-27-28-31-34-38-43-49-55-61-73(3)4)71-95-99(87,88)93-67-75(82)68-94-100(89,90)96-72-77(70-92-79(84)64-58-52-48-42-44-50-56-62-74(5)6)98-80(85)65-59-53-46-40-35-20-18-16-14-12-10-8-2/h73-77,82H,7-72H2,1-6H3,(H,87,88)(H,89,90)/t75-,76-,77-/m1/s1. The van der Waals surface area contributed by atoms with Crippen LogP contribution >= 0.6 is 15.6 Å². The average Bonchev–Trinajstić information content (AvgIpc) is 1.08. The molecule has 0 rings (SSSR count). The van der Waals surface area contributed by atoms with E-state index in [9.17, 15) is 43.2 Å². The van der Waals surface area contributed by atoms with E-state index >= 15 is 0 Å². The fraction of sp³-hybridized carbons (Fsp3) is 0.951. The van der Waals surface area contributed by atoms with Crippen LogP contribution in [0.1, 0.15) is 427 Å². The van der Waals surface area contributed by atoms with E-state index in [-0.39, 0.29) is 25.7 Å². The highest BCUT2D eigenvalue weighted by Gasteiger charge is 2.30. The Balaban J connectivity index is 5.22. The summed E-state index contributed by atoms with van der Waals surface area (Å²) in [7, 11) is -9.92. The largest absolute Gasteiger partial charge is 0.472 e. The van der Waals surface area contributed by atoms with E-state index in [4.69, 9.17) is 37.0 Å². The molecule has 0 heterocycles. The van der Waals surface area contributed by atoms with Gasteiger partial charge in [0.05, 0.1) is 26.4 Å². The molecule has 5 atom stereocenters. The van der Waals surface area contributed by atoms with Gasteiger partial charge in [0.25, 0.3) is 0 Å². The minimum atomic E-state index is -4.96. The molecule has 0 aromatic heterocycles. The lowest BCUT2D eigenvalue weighted by molar-refractivity contribution is -0.161. The van der Waals surface area contributed by atoms with Crippen molar-refractivity contribution in [3.05, 3.63) is 0 Å². The van der Waals surface area contributed by atoms with Crippen molar-refractivity contribution >= 4 is 39.5 Å². The second-order valence-electron chi connectivity index (χ2n) is 30.1. The van der Waals surface area contributed by atoms with Crippen molar-refractivity contribution < 1.29 is 80.2 Å². The summed E-state index contributed by atoms with van der Waals surface area (Å²) in [6.07, 6.45) is 62.6. The van der Waals surface area contributed by atoms with Crippen LogP contribution in [0.2, 0.25) is 0 Å². The molecule has 0 aliphatic carbocycles. The number of phosphoric acid groups is 2. The number of aliphatic hydroxyl groups is 1. The van der Waals surface area contributed by atoms with Gasteiger partial charge in [-0.2, -0.15) is 0 Å². The fourth-order valence-corrected chi connectivity index (χ4v) is 14.1. The molecule has 0 saturated carbocycles. The molecule has 594 valence electrons.